The molecule has 2 aromatic rings. The summed E-state index contributed by atoms with van der Waals surface area (Å²) in [4.78, 5) is 20.5. The van der Waals surface area contributed by atoms with Crippen LogP contribution in [0.15, 0.2) is 30.6 Å². The number of carbonyl (C=O) groups is 1. The Balaban J connectivity index is 2.20. The minimum Gasteiger partial charge on any atom is -0.350 e. The maximum absolute atomic E-state index is 11.9. The number of nitrogens with one attached hydrogen (secondary N) is 2. The molecule has 0 spiro atoms. The van der Waals surface area contributed by atoms with Gasteiger partial charge in [0.15, 0.2) is 0 Å². The minimum absolute atomic E-state index is 0.0869. The third-order valence-corrected chi connectivity index (χ3v) is 3.57. The molecule has 2 rings (SSSR count). The number of anilines is 2. The van der Waals surface area contributed by atoms with E-state index < -0.39 is 0 Å². The Morgan fingerprint density at radius 1 is 1.09 bits per heavy atom. The van der Waals surface area contributed by atoms with Gasteiger partial charge in [0, 0.05) is 24.1 Å². The van der Waals surface area contributed by atoms with E-state index in [0.29, 0.717) is 11.5 Å². The van der Waals surface area contributed by atoms with Gasteiger partial charge in [0.25, 0.3) is 5.91 Å². The highest BCUT2D eigenvalue weighted by molar-refractivity contribution is 5.93. The first-order valence-electron chi connectivity index (χ1n) is 8.05. The van der Waals surface area contributed by atoms with Gasteiger partial charge in [-0.3, -0.25) is 4.79 Å². The van der Waals surface area contributed by atoms with Gasteiger partial charge in [-0.25, -0.2) is 9.97 Å². The maximum Gasteiger partial charge on any atom is 0.254 e. The monoisotopic (exact) mass is 312 g/mol. The van der Waals surface area contributed by atoms with Gasteiger partial charge in [-0.15, -0.1) is 0 Å². The van der Waals surface area contributed by atoms with E-state index >= 15 is 0 Å². The number of hydrogen-bond acceptors (Lipinski definition) is 4. The summed E-state index contributed by atoms with van der Waals surface area (Å²) in [6.07, 6.45) is 4.97. The van der Waals surface area contributed by atoms with Crippen LogP contribution in [0.4, 0.5) is 11.6 Å². The lowest BCUT2D eigenvalue weighted by Crippen LogP contribution is -2.30. The molecule has 1 heterocycles. The zero-order valence-corrected chi connectivity index (χ0v) is 14.2. The van der Waals surface area contributed by atoms with Crippen LogP contribution in [0.1, 0.15) is 49.2 Å². The number of rotatable bonds is 6. The molecule has 0 fully saturated rings. The highest BCUT2D eigenvalue weighted by atomic mass is 16.1. The van der Waals surface area contributed by atoms with Crippen molar-refractivity contribution in [2.75, 3.05) is 5.32 Å². The zero-order chi connectivity index (χ0) is 16.8. The molecule has 0 bridgehead atoms. The summed E-state index contributed by atoms with van der Waals surface area (Å²) < 4.78 is 0. The SMILES string of the molecule is CCc1cccc(CC)c1Nc1ncc(C(=O)NC(C)C)cn1. The molecule has 1 aromatic carbocycles. The topological polar surface area (TPSA) is 66.9 Å². The molecule has 122 valence electrons. The van der Waals surface area contributed by atoms with E-state index in [1.165, 1.54) is 11.1 Å². The summed E-state index contributed by atoms with van der Waals surface area (Å²) in [5.41, 5.74) is 3.99. The number of hydrogen-bond donors (Lipinski definition) is 2. The van der Waals surface area contributed by atoms with Gasteiger partial charge >= 0.3 is 0 Å². The van der Waals surface area contributed by atoms with Crippen molar-refractivity contribution in [2.24, 2.45) is 0 Å². The molecular weight excluding hydrogens is 288 g/mol. The van der Waals surface area contributed by atoms with Crippen LogP contribution in [0.3, 0.4) is 0 Å². The van der Waals surface area contributed by atoms with Crippen LogP contribution >= 0.6 is 0 Å². The predicted molar refractivity (Wildman–Crippen MR) is 93.1 cm³/mol. The molecule has 0 aliphatic rings. The van der Waals surface area contributed by atoms with Crippen LogP contribution in [-0.2, 0) is 12.8 Å². The second-order valence-corrected chi connectivity index (χ2v) is 5.71. The molecule has 0 saturated heterocycles. The largest absolute Gasteiger partial charge is 0.350 e. The van der Waals surface area contributed by atoms with Gasteiger partial charge in [-0.05, 0) is 37.8 Å². The number of para-hydroxylation sites is 1. The normalized spacial score (nSPS) is 10.7. The van der Waals surface area contributed by atoms with Crippen molar-refractivity contribution in [2.45, 2.75) is 46.6 Å². The van der Waals surface area contributed by atoms with Crippen LogP contribution in [0.5, 0.6) is 0 Å². The molecule has 2 N–H and O–H groups in total. The van der Waals surface area contributed by atoms with Crippen molar-refractivity contribution in [3.05, 3.63) is 47.3 Å². The first kappa shape index (κ1) is 16.9. The van der Waals surface area contributed by atoms with Crippen molar-refractivity contribution in [3.8, 4) is 0 Å². The standard InChI is InChI=1S/C18H24N4O/c1-5-13-8-7-9-14(6-2)16(13)22-18-19-10-15(11-20-18)17(23)21-12(3)4/h7-12H,5-6H2,1-4H3,(H,21,23)(H,19,20,22). The van der Waals surface area contributed by atoms with Crippen LogP contribution in [0.2, 0.25) is 0 Å². The molecule has 0 aliphatic heterocycles. The Morgan fingerprint density at radius 2 is 1.65 bits per heavy atom. The van der Waals surface area contributed by atoms with Gasteiger partial charge in [0.05, 0.1) is 5.56 Å². The van der Waals surface area contributed by atoms with Crippen LogP contribution < -0.4 is 10.6 Å². The number of benzene rings is 1. The smallest absolute Gasteiger partial charge is 0.254 e. The molecule has 0 atom stereocenters. The van der Waals surface area contributed by atoms with Crippen molar-refractivity contribution in [3.63, 3.8) is 0 Å². The van der Waals surface area contributed by atoms with Gasteiger partial charge in [-0.1, -0.05) is 32.0 Å². The van der Waals surface area contributed by atoms with E-state index in [1.54, 1.807) is 12.4 Å². The van der Waals surface area contributed by atoms with Crippen molar-refractivity contribution in [1.82, 2.24) is 15.3 Å². The predicted octanol–water partition coefficient (Wildman–Crippen LogP) is 3.48. The fourth-order valence-electron chi connectivity index (χ4n) is 2.37. The molecule has 5 nitrogen and oxygen atoms in total. The number of aryl methyl sites for hydroxylation is 2. The first-order valence-corrected chi connectivity index (χ1v) is 8.05. The Bertz CT molecular complexity index is 643. The summed E-state index contributed by atoms with van der Waals surface area (Å²) in [6.45, 7) is 8.09. The molecule has 0 radical (unpaired) electrons. The van der Waals surface area contributed by atoms with E-state index in [2.05, 4.69) is 52.6 Å². The summed E-state index contributed by atoms with van der Waals surface area (Å²) in [5.74, 6) is 0.344. The Labute approximate surface area is 137 Å². The summed E-state index contributed by atoms with van der Waals surface area (Å²) in [5, 5.41) is 6.12. The maximum atomic E-state index is 11.9. The van der Waals surface area contributed by atoms with Gasteiger partial charge in [-0.2, -0.15) is 0 Å². The lowest BCUT2D eigenvalue weighted by Gasteiger charge is -2.14. The first-order chi connectivity index (χ1) is 11.0. The number of aromatic nitrogens is 2. The summed E-state index contributed by atoms with van der Waals surface area (Å²) in [7, 11) is 0. The van der Waals surface area contributed by atoms with Gasteiger partial charge in [0.1, 0.15) is 0 Å². The molecular formula is C18H24N4O. The third-order valence-electron chi connectivity index (χ3n) is 3.57. The Kier molecular flexibility index (Phi) is 5.68. The molecule has 23 heavy (non-hydrogen) atoms. The van der Waals surface area contributed by atoms with E-state index in [-0.39, 0.29) is 11.9 Å². The number of carbonyl (C=O) groups excluding carboxylic acids is 1. The van der Waals surface area contributed by atoms with E-state index in [4.69, 9.17) is 0 Å². The minimum atomic E-state index is -0.158. The van der Waals surface area contributed by atoms with E-state index in [0.717, 1.165) is 18.5 Å². The van der Waals surface area contributed by atoms with Gasteiger partial charge < -0.3 is 10.6 Å². The molecule has 1 aromatic heterocycles. The highest BCUT2D eigenvalue weighted by Crippen LogP contribution is 2.24. The molecule has 0 saturated carbocycles. The average molecular weight is 312 g/mol. The van der Waals surface area contributed by atoms with Crippen LogP contribution in [0, 0.1) is 0 Å². The second kappa shape index (κ2) is 7.72. The van der Waals surface area contributed by atoms with Crippen LogP contribution in [-0.4, -0.2) is 21.9 Å². The molecule has 5 heteroatoms. The highest BCUT2D eigenvalue weighted by Gasteiger charge is 2.10. The fraction of sp³-hybridized carbons (Fsp3) is 0.389. The van der Waals surface area contributed by atoms with Crippen molar-refractivity contribution in [1.29, 1.82) is 0 Å². The van der Waals surface area contributed by atoms with Crippen LogP contribution in [0.25, 0.3) is 0 Å². The molecule has 0 unspecified atom stereocenters. The quantitative estimate of drug-likeness (QED) is 0.857. The lowest BCUT2D eigenvalue weighted by atomic mass is 10.0. The van der Waals surface area contributed by atoms with E-state index in [1.807, 2.05) is 13.8 Å². The van der Waals surface area contributed by atoms with E-state index in [9.17, 15) is 4.79 Å². The second-order valence-electron chi connectivity index (χ2n) is 5.71. The number of nitrogens with zero attached hydrogens (tertiary/aromatic N) is 2. The fourth-order valence-corrected chi connectivity index (χ4v) is 2.37. The summed E-state index contributed by atoms with van der Waals surface area (Å²) >= 11 is 0. The Hall–Kier alpha value is -2.43. The van der Waals surface area contributed by atoms with Gasteiger partial charge in [0.2, 0.25) is 5.95 Å². The Morgan fingerprint density at radius 3 is 2.13 bits per heavy atom. The molecule has 0 aliphatic carbocycles. The molecule has 1 amide bonds. The number of amides is 1. The summed E-state index contributed by atoms with van der Waals surface area (Å²) in [6, 6.07) is 6.37. The van der Waals surface area contributed by atoms with Crippen molar-refractivity contribution < 1.29 is 4.79 Å². The lowest BCUT2D eigenvalue weighted by molar-refractivity contribution is 0.0942. The van der Waals surface area contributed by atoms with Crippen molar-refractivity contribution >= 4 is 17.5 Å². The zero-order valence-electron chi connectivity index (χ0n) is 14.2. The third kappa shape index (κ3) is 4.28. The average Bonchev–Trinajstić information content (AvgIpc) is 2.55.